The molecule has 0 fully saturated rings. The molecule has 1 N–H and O–H groups in total. The molecule has 0 aliphatic carbocycles. The third-order valence-electron chi connectivity index (χ3n) is 2.81. The molecule has 0 unspecified atom stereocenters. The molecule has 1 heterocycles. The molecular formula is C17H16O3. The summed E-state index contributed by atoms with van der Waals surface area (Å²) in [4.78, 5) is 11.5. The predicted octanol–water partition coefficient (Wildman–Crippen LogP) is 4.19. The van der Waals surface area contributed by atoms with E-state index in [2.05, 4.69) is 0 Å². The molecule has 3 rings (SSSR count). The molecule has 0 saturated carbocycles. The van der Waals surface area contributed by atoms with Gasteiger partial charge in [-0.15, -0.1) is 0 Å². The van der Waals surface area contributed by atoms with Gasteiger partial charge >= 0.3 is 5.63 Å². The van der Waals surface area contributed by atoms with Gasteiger partial charge in [0.25, 0.3) is 0 Å². The highest BCUT2D eigenvalue weighted by Gasteiger charge is 2.07. The Balaban J connectivity index is 0.000000704. The molecule has 3 heteroatoms. The Morgan fingerprint density at radius 1 is 0.950 bits per heavy atom. The maximum absolute atomic E-state index is 11.5. The first-order valence-corrected chi connectivity index (χ1v) is 6.56. The minimum absolute atomic E-state index is 0.0795. The predicted molar refractivity (Wildman–Crippen MR) is 80.9 cm³/mol. The molecule has 0 atom stereocenters. The van der Waals surface area contributed by atoms with Gasteiger partial charge in [-0.3, -0.25) is 0 Å². The van der Waals surface area contributed by atoms with Crippen LogP contribution in [-0.4, -0.2) is 5.11 Å². The second-order valence-corrected chi connectivity index (χ2v) is 4.03. The van der Waals surface area contributed by atoms with Crippen molar-refractivity contribution in [3.05, 3.63) is 65.0 Å². The summed E-state index contributed by atoms with van der Waals surface area (Å²) < 4.78 is 5.09. The van der Waals surface area contributed by atoms with Gasteiger partial charge in [0, 0.05) is 17.5 Å². The van der Waals surface area contributed by atoms with Gasteiger partial charge in [-0.2, -0.15) is 0 Å². The van der Waals surface area contributed by atoms with Crippen LogP contribution in [0.4, 0.5) is 0 Å². The average molecular weight is 268 g/mol. The van der Waals surface area contributed by atoms with Gasteiger partial charge in [0.2, 0.25) is 0 Å². The largest absolute Gasteiger partial charge is 0.508 e. The highest BCUT2D eigenvalue weighted by molar-refractivity contribution is 5.93. The van der Waals surface area contributed by atoms with Gasteiger partial charge in [0.05, 0.1) is 0 Å². The summed E-state index contributed by atoms with van der Waals surface area (Å²) in [5.74, 6) is 0.0795. The van der Waals surface area contributed by atoms with Gasteiger partial charge in [-0.25, -0.2) is 4.79 Å². The van der Waals surface area contributed by atoms with Crippen molar-refractivity contribution in [3.8, 4) is 16.9 Å². The molecule has 20 heavy (non-hydrogen) atoms. The maximum atomic E-state index is 11.5. The molecule has 0 spiro atoms. The molecule has 3 nitrogen and oxygen atoms in total. The van der Waals surface area contributed by atoms with Crippen LogP contribution in [0.15, 0.2) is 63.8 Å². The van der Waals surface area contributed by atoms with Gasteiger partial charge in [-0.1, -0.05) is 44.2 Å². The Morgan fingerprint density at radius 3 is 2.35 bits per heavy atom. The summed E-state index contributed by atoms with van der Waals surface area (Å²) >= 11 is 0. The Bertz CT molecular complexity index is 758. The lowest BCUT2D eigenvalue weighted by molar-refractivity contribution is 0.473. The number of rotatable bonds is 1. The Kier molecular flexibility index (Phi) is 4.20. The second kappa shape index (κ2) is 6.06. The van der Waals surface area contributed by atoms with E-state index in [0.717, 1.165) is 16.5 Å². The second-order valence-electron chi connectivity index (χ2n) is 4.03. The number of aromatic hydroxyl groups is 1. The summed E-state index contributed by atoms with van der Waals surface area (Å²) in [7, 11) is 0. The van der Waals surface area contributed by atoms with E-state index in [1.165, 1.54) is 12.1 Å². The quantitative estimate of drug-likeness (QED) is 0.673. The van der Waals surface area contributed by atoms with Gasteiger partial charge in [0.1, 0.15) is 11.3 Å². The molecule has 0 amide bonds. The SMILES string of the molecule is CC.O=c1cc(-c2ccccc2)c2ccc(O)cc2o1. The molecule has 1 aromatic heterocycles. The average Bonchev–Trinajstić information content (AvgIpc) is 2.49. The highest BCUT2D eigenvalue weighted by atomic mass is 16.4. The summed E-state index contributed by atoms with van der Waals surface area (Å²) in [5, 5.41) is 10.2. The first-order chi connectivity index (χ1) is 9.74. The van der Waals surface area contributed by atoms with E-state index in [-0.39, 0.29) is 5.75 Å². The number of benzene rings is 2. The van der Waals surface area contributed by atoms with E-state index in [1.54, 1.807) is 12.1 Å². The van der Waals surface area contributed by atoms with Crippen LogP contribution < -0.4 is 5.63 Å². The van der Waals surface area contributed by atoms with Crippen LogP contribution in [-0.2, 0) is 0 Å². The smallest absolute Gasteiger partial charge is 0.336 e. The van der Waals surface area contributed by atoms with Crippen LogP contribution >= 0.6 is 0 Å². The van der Waals surface area contributed by atoms with Crippen LogP contribution in [0.2, 0.25) is 0 Å². The maximum Gasteiger partial charge on any atom is 0.336 e. The Hall–Kier alpha value is -2.55. The molecule has 102 valence electrons. The molecule has 0 saturated heterocycles. The standard InChI is InChI=1S/C15H10O3.C2H6/c16-11-6-7-12-13(10-4-2-1-3-5-10)9-15(17)18-14(12)8-11;1-2/h1-9,16H;1-2H3. The van der Waals surface area contributed by atoms with Crippen LogP contribution in [0.3, 0.4) is 0 Å². The molecule has 0 bridgehead atoms. The van der Waals surface area contributed by atoms with Crippen molar-refractivity contribution < 1.29 is 9.52 Å². The third-order valence-corrected chi connectivity index (χ3v) is 2.81. The van der Waals surface area contributed by atoms with Gasteiger partial charge in [0.15, 0.2) is 0 Å². The Labute approximate surface area is 117 Å². The van der Waals surface area contributed by atoms with E-state index in [4.69, 9.17) is 4.42 Å². The van der Waals surface area contributed by atoms with E-state index >= 15 is 0 Å². The van der Waals surface area contributed by atoms with Crippen molar-refractivity contribution in [2.75, 3.05) is 0 Å². The fraction of sp³-hybridized carbons (Fsp3) is 0.118. The number of hydrogen-bond donors (Lipinski definition) is 1. The van der Waals surface area contributed by atoms with Crippen molar-refractivity contribution >= 4 is 11.0 Å². The summed E-state index contributed by atoms with van der Waals surface area (Å²) in [5.41, 5.74) is 1.72. The fourth-order valence-electron chi connectivity index (χ4n) is 2.01. The number of phenols is 1. The number of phenolic OH excluding ortho intramolecular Hbond substituents is 1. The lowest BCUT2D eigenvalue weighted by Gasteiger charge is -2.05. The van der Waals surface area contributed by atoms with E-state index in [9.17, 15) is 9.90 Å². The van der Waals surface area contributed by atoms with Crippen LogP contribution in [0, 0.1) is 0 Å². The first kappa shape index (κ1) is 13.9. The van der Waals surface area contributed by atoms with Crippen LogP contribution in [0.1, 0.15) is 13.8 Å². The molecule has 0 radical (unpaired) electrons. The van der Waals surface area contributed by atoms with Gasteiger partial charge < -0.3 is 9.52 Å². The van der Waals surface area contributed by atoms with Crippen molar-refractivity contribution in [2.45, 2.75) is 13.8 Å². The molecular weight excluding hydrogens is 252 g/mol. The van der Waals surface area contributed by atoms with E-state index < -0.39 is 5.63 Å². The van der Waals surface area contributed by atoms with Crippen LogP contribution in [0.25, 0.3) is 22.1 Å². The zero-order valence-electron chi connectivity index (χ0n) is 11.5. The van der Waals surface area contributed by atoms with E-state index in [0.29, 0.717) is 5.58 Å². The minimum atomic E-state index is -0.424. The molecule has 2 aromatic carbocycles. The zero-order chi connectivity index (χ0) is 14.5. The lowest BCUT2D eigenvalue weighted by atomic mass is 10.0. The monoisotopic (exact) mass is 268 g/mol. The van der Waals surface area contributed by atoms with Crippen molar-refractivity contribution in [1.82, 2.24) is 0 Å². The first-order valence-electron chi connectivity index (χ1n) is 6.56. The van der Waals surface area contributed by atoms with Crippen LogP contribution in [0.5, 0.6) is 5.75 Å². The summed E-state index contributed by atoms with van der Waals surface area (Å²) in [6, 6.07) is 15.8. The summed E-state index contributed by atoms with van der Waals surface area (Å²) in [6.07, 6.45) is 0. The molecule has 0 aliphatic rings. The number of fused-ring (bicyclic) bond motifs is 1. The van der Waals surface area contributed by atoms with E-state index in [1.807, 2.05) is 44.2 Å². The molecule has 3 aromatic rings. The lowest BCUT2D eigenvalue weighted by Crippen LogP contribution is -1.97. The van der Waals surface area contributed by atoms with Crippen molar-refractivity contribution in [3.63, 3.8) is 0 Å². The fourth-order valence-corrected chi connectivity index (χ4v) is 2.01. The summed E-state index contributed by atoms with van der Waals surface area (Å²) in [6.45, 7) is 4.00. The zero-order valence-corrected chi connectivity index (χ0v) is 11.5. The minimum Gasteiger partial charge on any atom is -0.508 e. The molecule has 0 aliphatic heterocycles. The normalized spacial score (nSPS) is 9.90. The topological polar surface area (TPSA) is 50.4 Å². The highest BCUT2D eigenvalue weighted by Crippen LogP contribution is 2.28. The van der Waals surface area contributed by atoms with Gasteiger partial charge in [-0.05, 0) is 23.3 Å². The third kappa shape index (κ3) is 2.72. The van der Waals surface area contributed by atoms with Crippen molar-refractivity contribution in [2.24, 2.45) is 0 Å². The number of hydrogen-bond acceptors (Lipinski definition) is 3. The van der Waals surface area contributed by atoms with Crippen molar-refractivity contribution in [1.29, 1.82) is 0 Å². The Morgan fingerprint density at radius 2 is 1.65 bits per heavy atom.